The van der Waals surface area contributed by atoms with Gasteiger partial charge in [0.2, 0.25) is 5.95 Å². The van der Waals surface area contributed by atoms with Crippen molar-refractivity contribution in [3.63, 3.8) is 0 Å². The van der Waals surface area contributed by atoms with E-state index in [4.69, 9.17) is 5.73 Å². The Morgan fingerprint density at radius 2 is 2.29 bits per heavy atom. The number of hydrogen-bond acceptors (Lipinski definition) is 3. The molecule has 2 rings (SSSR count). The first-order valence-corrected chi connectivity index (χ1v) is 6.92. The molecular weight excluding hydrogens is 237 g/mol. The van der Waals surface area contributed by atoms with Crippen LogP contribution >= 0.6 is 11.8 Å². The highest BCUT2D eigenvalue weighted by molar-refractivity contribution is 7.98. The second-order valence-corrected chi connectivity index (χ2v) is 5.16. The smallest absolute Gasteiger partial charge is 0.201 e. The molecule has 1 unspecified atom stereocenters. The number of para-hydroxylation sites is 1. The van der Waals surface area contributed by atoms with Crippen LogP contribution in [0.3, 0.4) is 0 Å². The molecule has 17 heavy (non-hydrogen) atoms. The van der Waals surface area contributed by atoms with Crippen LogP contribution in [0, 0.1) is 11.7 Å². The van der Waals surface area contributed by atoms with Crippen LogP contribution in [0.4, 0.5) is 10.3 Å². The fourth-order valence-electron chi connectivity index (χ4n) is 1.97. The highest BCUT2D eigenvalue weighted by Crippen LogP contribution is 2.22. The molecule has 0 aliphatic heterocycles. The maximum absolute atomic E-state index is 13.5. The monoisotopic (exact) mass is 253 g/mol. The second-order valence-electron chi connectivity index (χ2n) is 4.25. The van der Waals surface area contributed by atoms with Crippen molar-refractivity contribution in [2.75, 3.05) is 17.7 Å². The summed E-state index contributed by atoms with van der Waals surface area (Å²) in [7, 11) is 0. The number of thioether (sulfide) groups is 1. The van der Waals surface area contributed by atoms with Gasteiger partial charge in [0.1, 0.15) is 5.52 Å². The quantitative estimate of drug-likeness (QED) is 0.911. The summed E-state index contributed by atoms with van der Waals surface area (Å²) in [5, 5.41) is 0. The van der Waals surface area contributed by atoms with Crippen LogP contribution in [-0.2, 0) is 6.54 Å². The predicted molar refractivity (Wildman–Crippen MR) is 71.6 cm³/mol. The lowest BCUT2D eigenvalue weighted by Gasteiger charge is -2.12. The first-order chi connectivity index (χ1) is 8.13. The molecule has 0 aliphatic rings. The Hall–Kier alpha value is -1.23. The number of halogens is 1. The highest BCUT2D eigenvalue weighted by atomic mass is 32.2. The maximum atomic E-state index is 13.5. The van der Waals surface area contributed by atoms with Crippen molar-refractivity contribution in [2.45, 2.75) is 13.5 Å². The van der Waals surface area contributed by atoms with Crippen molar-refractivity contribution >= 4 is 28.7 Å². The van der Waals surface area contributed by atoms with E-state index in [0.29, 0.717) is 17.4 Å². The average Bonchev–Trinajstić information content (AvgIpc) is 2.58. The van der Waals surface area contributed by atoms with Gasteiger partial charge < -0.3 is 10.3 Å². The van der Waals surface area contributed by atoms with Gasteiger partial charge in [-0.1, -0.05) is 13.0 Å². The fourth-order valence-corrected chi connectivity index (χ4v) is 2.65. The van der Waals surface area contributed by atoms with Gasteiger partial charge in [0.15, 0.2) is 5.82 Å². The van der Waals surface area contributed by atoms with E-state index >= 15 is 0 Å². The Kier molecular flexibility index (Phi) is 3.57. The molecule has 0 saturated heterocycles. The van der Waals surface area contributed by atoms with E-state index in [0.717, 1.165) is 17.8 Å². The number of imidazole rings is 1. The molecule has 1 atom stereocenters. The molecule has 0 bridgehead atoms. The largest absolute Gasteiger partial charge is 0.369 e. The van der Waals surface area contributed by atoms with Gasteiger partial charge in [-0.2, -0.15) is 11.8 Å². The SMILES string of the molecule is CSCC(C)Cn1c(N)nc2c(F)cccc21. The lowest BCUT2D eigenvalue weighted by molar-refractivity contribution is 0.546. The van der Waals surface area contributed by atoms with Gasteiger partial charge >= 0.3 is 0 Å². The number of fused-ring (bicyclic) bond motifs is 1. The van der Waals surface area contributed by atoms with Crippen LogP contribution in [0.5, 0.6) is 0 Å². The van der Waals surface area contributed by atoms with Crippen LogP contribution in [0.25, 0.3) is 11.0 Å². The zero-order valence-electron chi connectivity index (χ0n) is 9.98. The molecule has 92 valence electrons. The number of benzene rings is 1. The molecule has 2 aromatic rings. The molecule has 1 heterocycles. The summed E-state index contributed by atoms with van der Waals surface area (Å²) in [5.41, 5.74) is 6.98. The standard InChI is InChI=1S/C12H16FN3S/c1-8(7-17-2)6-16-10-5-3-4-9(13)11(10)15-12(16)14/h3-5,8H,6-7H2,1-2H3,(H2,14,15). The van der Waals surface area contributed by atoms with E-state index in [1.807, 2.05) is 10.6 Å². The van der Waals surface area contributed by atoms with Gasteiger partial charge in [0, 0.05) is 6.54 Å². The topological polar surface area (TPSA) is 43.8 Å². The minimum absolute atomic E-state index is 0.314. The van der Waals surface area contributed by atoms with Crippen molar-refractivity contribution in [2.24, 2.45) is 5.92 Å². The summed E-state index contributed by atoms with van der Waals surface area (Å²) in [6.07, 6.45) is 2.07. The van der Waals surface area contributed by atoms with Gasteiger partial charge in [-0.3, -0.25) is 0 Å². The number of nitrogen functional groups attached to an aromatic ring is 1. The Morgan fingerprint density at radius 1 is 1.53 bits per heavy atom. The minimum atomic E-state index is -0.314. The third-order valence-corrected chi connectivity index (χ3v) is 3.61. The van der Waals surface area contributed by atoms with E-state index in [-0.39, 0.29) is 5.82 Å². The fraction of sp³-hybridized carbons (Fsp3) is 0.417. The molecule has 0 spiro atoms. The van der Waals surface area contributed by atoms with Gasteiger partial charge in [0.05, 0.1) is 5.52 Å². The lowest BCUT2D eigenvalue weighted by Crippen LogP contribution is -2.12. The van der Waals surface area contributed by atoms with Crippen LogP contribution in [-0.4, -0.2) is 21.6 Å². The molecule has 1 aromatic heterocycles. The summed E-state index contributed by atoms with van der Waals surface area (Å²) >= 11 is 1.80. The Morgan fingerprint density at radius 3 is 3.00 bits per heavy atom. The highest BCUT2D eigenvalue weighted by Gasteiger charge is 2.13. The van der Waals surface area contributed by atoms with E-state index < -0.39 is 0 Å². The maximum Gasteiger partial charge on any atom is 0.201 e. The number of hydrogen-bond donors (Lipinski definition) is 1. The number of nitrogens with two attached hydrogens (primary N) is 1. The number of rotatable bonds is 4. The van der Waals surface area contributed by atoms with Crippen molar-refractivity contribution in [3.05, 3.63) is 24.0 Å². The molecular formula is C12H16FN3S. The van der Waals surface area contributed by atoms with Crippen molar-refractivity contribution in [1.82, 2.24) is 9.55 Å². The summed E-state index contributed by atoms with van der Waals surface area (Å²) < 4.78 is 15.4. The number of anilines is 1. The summed E-state index contributed by atoms with van der Waals surface area (Å²) in [4.78, 5) is 4.08. The molecule has 0 fully saturated rings. The third-order valence-electron chi connectivity index (χ3n) is 2.70. The van der Waals surface area contributed by atoms with Gasteiger partial charge in [-0.25, -0.2) is 9.37 Å². The summed E-state index contributed by atoms with van der Waals surface area (Å²) in [6.45, 7) is 2.92. The number of aromatic nitrogens is 2. The Bertz CT molecular complexity index is 524. The van der Waals surface area contributed by atoms with Crippen LogP contribution in [0.2, 0.25) is 0 Å². The van der Waals surface area contributed by atoms with E-state index in [1.54, 1.807) is 17.8 Å². The van der Waals surface area contributed by atoms with Crippen LogP contribution in [0.1, 0.15) is 6.92 Å². The van der Waals surface area contributed by atoms with Gasteiger partial charge in [-0.15, -0.1) is 0 Å². The van der Waals surface area contributed by atoms with Gasteiger partial charge in [0.25, 0.3) is 0 Å². The molecule has 0 aliphatic carbocycles. The predicted octanol–water partition coefficient (Wildman–Crippen LogP) is 2.76. The summed E-state index contributed by atoms with van der Waals surface area (Å²) in [6, 6.07) is 4.95. The minimum Gasteiger partial charge on any atom is -0.369 e. The normalized spacial score (nSPS) is 13.1. The molecule has 2 N–H and O–H groups in total. The Balaban J connectivity index is 2.40. The summed E-state index contributed by atoms with van der Waals surface area (Å²) in [5.74, 6) is 1.60. The van der Waals surface area contributed by atoms with Crippen molar-refractivity contribution in [1.29, 1.82) is 0 Å². The van der Waals surface area contributed by atoms with E-state index in [2.05, 4.69) is 18.2 Å². The molecule has 0 amide bonds. The first kappa shape index (κ1) is 12.2. The van der Waals surface area contributed by atoms with E-state index in [1.165, 1.54) is 6.07 Å². The van der Waals surface area contributed by atoms with Crippen LogP contribution in [0.15, 0.2) is 18.2 Å². The second kappa shape index (κ2) is 4.96. The van der Waals surface area contributed by atoms with Crippen molar-refractivity contribution in [3.8, 4) is 0 Å². The lowest BCUT2D eigenvalue weighted by atomic mass is 10.2. The van der Waals surface area contributed by atoms with Crippen LogP contribution < -0.4 is 5.73 Å². The molecule has 3 nitrogen and oxygen atoms in total. The third kappa shape index (κ3) is 2.39. The molecule has 1 aromatic carbocycles. The van der Waals surface area contributed by atoms with Gasteiger partial charge in [-0.05, 0) is 30.1 Å². The zero-order valence-corrected chi connectivity index (χ0v) is 10.8. The molecule has 0 saturated carbocycles. The van der Waals surface area contributed by atoms with Crippen molar-refractivity contribution < 1.29 is 4.39 Å². The molecule has 0 radical (unpaired) electrons. The first-order valence-electron chi connectivity index (χ1n) is 5.52. The Labute approximate surface area is 104 Å². The zero-order chi connectivity index (χ0) is 12.4. The average molecular weight is 253 g/mol. The number of nitrogens with zero attached hydrogens (tertiary/aromatic N) is 2. The van der Waals surface area contributed by atoms with E-state index in [9.17, 15) is 4.39 Å². The molecule has 5 heteroatoms.